The Kier molecular flexibility index (Phi) is 13.7. The normalized spacial score (nSPS) is 9.92. The zero-order valence-electron chi connectivity index (χ0n) is 15.7. The van der Waals surface area contributed by atoms with Crippen molar-refractivity contribution in [3.8, 4) is 11.3 Å². The summed E-state index contributed by atoms with van der Waals surface area (Å²) in [5.41, 5.74) is 3.59. The second kappa shape index (κ2) is 12.8. The molecule has 1 aromatic carbocycles. The van der Waals surface area contributed by atoms with Crippen LogP contribution >= 0.6 is 0 Å². The van der Waals surface area contributed by atoms with Crippen LogP contribution < -0.4 is 4.40 Å². The van der Waals surface area contributed by atoms with Gasteiger partial charge in [-0.1, -0.05) is 0 Å². The predicted octanol–water partition coefficient (Wildman–Crippen LogP) is 3.43. The van der Waals surface area contributed by atoms with E-state index in [-0.39, 0.29) is 20.1 Å². The molecule has 0 aliphatic carbocycles. The van der Waals surface area contributed by atoms with Gasteiger partial charge in [0, 0.05) is 34.3 Å². The summed E-state index contributed by atoms with van der Waals surface area (Å²) in [6.45, 7) is 4.54. The van der Waals surface area contributed by atoms with Crippen molar-refractivity contribution >= 4 is 17.7 Å². The third kappa shape index (κ3) is 7.58. The van der Waals surface area contributed by atoms with Crippen molar-refractivity contribution in [1.29, 1.82) is 0 Å². The van der Waals surface area contributed by atoms with Crippen LogP contribution in [0.3, 0.4) is 0 Å². The first-order valence-corrected chi connectivity index (χ1v) is 15.1. The third-order valence-corrected chi connectivity index (χ3v) is 7.62. The number of aromatic nitrogens is 1. The monoisotopic (exact) mass is 571 g/mol. The average Bonchev–Trinajstić information content (AvgIpc) is 2.58. The summed E-state index contributed by atoms with van der Waals surface area (Å²) in [4.78, 5) is 4.67. The molecule has 0 aliphatic heterocycles. The molecule has 1 heterocycles. The van der Waals surface area contributed by atoms with Gasteiger partial charge in [-0.05, 0) is 0 Å². The van der Waals surface area contributed by atoms with Crippen LogP contribution in [0.15, 0.2) is 36.5 Å². The van der Waals surface area contributed by atoms with Crippen molar-refractivity contribution in [2.24, 2.45) is 0 Å². The Labute approximate surface area is 163 Å². The van der Waals surface area contributed by atoms with E-state index < -0.39 is 13.3 Å². The van der Waals surface area contributed by atoms with Crippen LogP contribution in [-0.4, -0.2) is 42.7 Å². The number of nitrogens with zero attached hydrogens (tertiary/aromatic N) is 1. The van der Waals surface area contributed by atoms with E-state index in [0.29, 0.717) is 5.92 Å². The van der Waals surface area contributed by atoms with Gasteiger partial charge in [-0.25, -0.2) is 0 Å². The van der Waals surface area contributed by atoms with Gasteiger partial charge < -0.3 is 10.2 Å². The number of pyridine rings is 1. The van der Waals surface area contributed by atoms with E-state index in [0.717, 1.165) is 25.5 Å². The van der Waals surface area contributed by atoms with E-state index in [1.54, 1.807) is 0 Å². The molecule has 0 fully saturated rings. The van der Waals surface area contributed by atoms with Crippen molar-refractivity contribution in [3.63, 3.8) is 0 Å². The van der Waals surface area contributed by atoms with Crippen LogP contribution in [0.5, 0.6) is 0 Å². The summed E-state index contributed by atoms with van der Waals surface area (Å²) >= 11 is -1.85. The van der Waals surface area contributed by atoms with Crippen molar-refractivity contribution in [2.75, 3.05) is 14.2 Å². The molecular formula is C19H30GeIrNO2-. The summed E-state index contributed by atoms with van der Waals surface area (Å²) in [6, 6.07) is 13.6. The van der Waals surface area contributed by atoms with Crippen molar-refractivity contribution < 1.29 is 30.3 Å². The first-order chi connectivity index (χ1) is 10.9. The minimum atomic E-state index is -1.85. The summed E-state index contributed by atoms with van der Waals surface area (Å²) in [5, 5.41) is 14.0. The van der Waals surface area contributed by atoms with Crippen LogP contribution in [-0.2, 0) is 20.1 Å². The van der Waals surface area contributed by atoms with E-state index in [1.165, 1.54) is 9.96 Å². The fraction of sp³-hybridized carbons (Fsp3) is 0.421. The van der Waals surface area contributed by atoms with Crippen molar-refractivity contribution in [1.82, 2.24) is 4.98 Å². The Hall–Kier alpha value is -0.518. The maximum Gasteiger partial charge on any atom is 0.0319 e. The minimum Gasteiger partial charge on any atom is -0.400 e. The fourth-order valence-corrected chi connectivity index (χ4v) is 5.80. The molecule has 2 rings (SSSR count). The molecule has 2 aromatic rings. The van der Waals surface area contributed by atoms with Gasteiger partial charge in [0.05, 0.1) is 0 Å². The molecule has 0 aliphatic rings. The number of aliphatic hydroxyl groups excluding tert-OH is 2. The summed E-state index contributed by atoms with van der Waals surface area (Å²) in [6.07, 6.45) is 2.12. The molecule has 0 atom stereocenters. The van der Waals surface area contributed by atoms with Gasteiger partial charge in [0.2, 0.25) is 0 Å². The van der Waals surface area contributed by atoms with E-state index >= 15 is 0 Å². The molecule has 0 saturated heterocycles. The van der Waals surface area contributed by atoms with Crippen LogP contribution in [0, 0.1) is 6.07 Å². The van der Waals surface area contributed by atoms with E-state index in [4.69, 9.17) is 10.2 Å². The molecule has 2 N–H and O–H groups in total. The maximum absolute atomic E-state index is 7.00. The molecule has 5 heteroatoms. The number of hydrogen-bond acceptors (Lipinski definition) is 3. The van der Waals surface area contributed by atoms with Crippen molar-refractivity contribution in [2.45, 2.75) is 37.0 Å². The molecule has 0 spiro atoms. The Balaban J connectivity index is 0. The van der Waals surface area contributed by atoms with Gasteiger partial charge in [-0.2, -0.15) is 0 Å². The average molecular weight is 569 g/mol. The van der Waals surface area contributed by atoms with Crippen LogP contribution in [0.25, 0.3) is 11.3 Å². The quantitative estimate of drug-likeness (QED) is 0.441. The van der Waals surface area contributed by atoms with Crippen LogP contribution in [0.4, 0.5) is 0 Å². The minimum absolute atomic E-state index is 0. The summed E-state index contributed by atoms with van der Waals surface area (Å²) in [7, 11) is 2.00. The summed E-state index contributed by atoms with van der Waals surface area (Å²) < 4.78 is 1.52. The zero-order chi connectivity index (χ0) is 18.0. The number of aliphatic hydroxyl groups is 2. The molecule has 0 saturated carbocycles. The molecule has 1 radical (unpaired) electrons. The Morgan fingerprint density at radius 2 is 1.62 bits per heavy atom. The molecule has 137 valence electrons. The predicted molar refractivity (Wildman–Crippen MR) is 102 cm³/mol. The fourth-order valence-electron chi connectivity index (χ4n) is 2.28. The van der Waals surface area contributed by atoms with Crippen LogP contribution in [0.1, 0.15) is 25.3 Å². The van der Waals surface area contributed by atoms with Gasteiger partial charge >= 0.3 is 119 Å². The molecular weight excluding hydrogens is 539 g/mol. The standard InChI is InChI=1S/C17H22GeN.2CH4O.Ir/c1-13(2)15-11-17(14-9-7-6-8-10-14)19-12-16(15)18(3,4)5;2*1-2;/h6-9,11-13H,1-5H3;2*2H,1H3;/q-1;;;. The topological polar surface area (TPSA) is 53.4 Å². The Bertz CT molecular complexity index is 569. The molecule has 3 nitrogen and oxygen atoms in total. The maximum atomic E-state index is 7.00. The molecule has 0 unspecified atom stereocenters. The first kappa shape index (κ1) is 25.7. The van der Waals surface area contributed by atoms with Gasteiger partial charge in [0.25, 0.3) is 0 Å². The number of hydrogen-bond donors (Lipinski definition) is 2. The van der Waals surface area contributed by atoms with E-state index in [9.17, 15) is 0 Å². The van der Waals surface area contributed by atoms with Crippen molar-refractivity contribution in [3.05, 3.63) is 48.2 Å². The third-order valence-electron chi connectivity index (χ3n) is 3.35. The van der Waals surface area contributed by atoms with Gasteiger partial charge in [-0.3, -0.25) is 0 Å². The molecule has 1 aromatic heterocycles. The second-order valence-corrected chi connectivity index (χ2v) is 16.9. The SMILES string of the molecule is CC(C)c1cc(-c2[c-]cccc2)nc[c]1[Ge]([CH3])([CH3])[CH3].CO.CO.[Ir]. The molecule has 24 heavy (non-hydrogen) atoms. The summed E-state index contributed by atoms with van der Waals surface area (Å²) in [5.74, 6) is 7.83. The van der Waals surface area contributed by atoms with Gasteiger partial charge in [0.1, 0.15) is 0 Å². The zero-order valence-corrected chi connectivity index (χ0v) is 20.2. The van der Waals surface area contributed by atoms with E-state index in [2.05, 4.69) is 60.5 Å². The van der Waals surface area contributed by atoms with Gasteiger partial charge in [0.15, 0.2) is 0 Å². The van der Waals surface area contributed by atoms with Gasteiger partial charge in [-0.15, -0.1) is 0 Å². The Morgan fingerprint density at radius 3 is 2.04 bits per heavy atom. The molecule has 0 bridgehead atoms. The first-order valence-electron chi connectivity index (χ1n) is 7.76. The van der Waals surface area contributed by atoms with E-state index in [1.807, 2.05) is 18.2 Å². The largest absolute Gasteiger partial charge is 0.400 e. The molecule has 0 amide bonds. The second-order valence-electron chi connectivity index (χ2n) is 6.34. The van der Waals surface area contributed by atoms with Crippen LogP contribution in [0.2, 0.25) is 17.3 Å². The number of rotatable bonds is 3. The smallest absolute Gasteiger partial charge is 0.0319 e. The Morgan fingerprint density at radius 1 is 1.04 bits per heavy atom. The number of benzene rings is 1.